The van der Waals surface area contributed by atoms with Crippen molar-refractivity contribution in [2.24, 2.45) is 0 Å². The first-order valence-corrected chi connectivity index (χ1v) is 9.18. The van der Waals surface area contributed by atoms with Gasteiger partial charge >= 0.3 is 5.97 Å². The number of pyridine rings is 1. The predicted molar refractivity (Wildman–Crippen MR) is 98.6 cm³/mol. The standard InChI is InChI=1S/C21H26N2O2/c24-21(25)18-12-13-22-19(15-18)9-4-5-10-20-11-6-14-23(20)16-17-7-2-1-3-8-17/h1-3,7-8,12-13,15,20H,4-6,9-11,14,16H2,(H,24,25)/t20-/m1/s1. The van der Waals surface area contributed by atoms with E-state index in [1.165, 1.54) is 31.4 Å². The molecule has 1 N–H and O–H groups in total. The number of aromatic nitrogens is 1. The minimum absolute atomic E-state index is 0.329. The van der Waals surface area contributed by atoms with Gasteiger partial charge in [0.2, 0.25) is 0 Å². The Morgan fingerprint density at radius 2 is 2.04 bits per heavy atom. The normalized spacial score (nSPS) is 17.7. The molecule has 1 aromatic heterocycles. The van der Waals surface area contributed by atoms with E-state index >= 15 is 0 Å². The lowest BCUT2D eigenvalue weighted by atomic mass is 10.0. The van der Waals surface area contributed by atoms with Gasteiger partial charge in [0, 0.05) is 24.5 Å². The summed E-state index contributed by atoms with van der Waals surface area (Å²) in [7, 11) is 0. The third-order valence-corrected chi connectivity index (χ3v) is 5.01. The summed E-state index contributed by atoms with van der Waals surface area (Å²) in [5.74, 6) is -0.883. The van der Waals surface area contributed by atoms with Gasteiger partial charge in [0.15, 0.2) is 0 Å². The maximum absolute atomic E-state index is 11.0. The molecule has 0 radical (unpaired) electrons. The summed E-state index contributed by atoms with van der Waals surface area (Å²) in [5, 5.41) is 9.04. The average molecular weight is 338 g/mol. The predicted octanol–water partition coefficient (Wildman–Crippen LogP) is 4.16. The summed E-state index contributed by atoms with van der Waals surface area (Å²) >= 11 is 0. The van der Waals surface area contributed by atoms with E-state index in [0.29, 0.717) is 11.6 Å². The minimum Gasteiger partial charge on any atom is -0.478 e. The lowest BCUT2D eigenvalue weighted by Crippen LogP contribution is -2.28. The van der Waals surface area contributed by atoms with E-state index in [4.69, 9.17) is 5.11 Å². The molecule has 25 heavy (non-hydrogen) atoms. The minimum atomic E-state index is -0.883. The lowest BCUT2D eigenvalue weighted by Gasteiger charge is -2.24. The van der Waals surface area contributed by atoms with Gasteiger partial charge in [0.1, 0.15) is 0 Å². The van der Waals surface area contributed by atoms with Crippen LogP contribution in [0, 0.1) is 0 Å². The molecule has 1 saturated heterocycles. The Morgan fingerprint density at radius 1 is 1.20 bits per heavy atom. The van der Waals surface area contributed by atoms with Crippen LogP contribution in [0.2, 0.25) is 0 Å². The fraction of sp³-hybridized carbons (Fsp3) is 0.429. The molecule has 1 fully saturated rings. The van der Waals surface area contributed by atoms with Gasteiger partial charge < -0.3 is 5.11 Å². The number of hydrogen-bond donors (Lipinski definition) is 1. The fourth-order valence-electron chi connectivity index (χ4n) is 3.68. The summed E-state index contributed by atoms with van der Waals surface area (Å²) in [5.41, 5.74) is 2.60. The van der Waals surface area contributed by atoms with Crippen molar-refractivity contribution in [3.63, 3.8) is 0 Å². The fourth-order valence-corrected chi connectivity index (χ4v) is 3.68. The van der Waals surface area contributed by atoms with Crippen molar-refractivity contribution in [1.82, 2.24) is 9.88 Å². The Kier molecular flexibility index (Phi) is 6.18. The molecule has 1 aliphatic rings. The topological polar surface area (TPSA) is 53.4 Å². The number of nitrogens with zero attached hydrogens (tertiary/aromatic N) is 2. The van der Waals surface area contributed by atoms with Crippen LogP contribution in [0.25, 0.3) is 0 Å². The molecule has 0 bridgehead atoms. The van der Waals surface area contributed by atoms with Crippen LogP contribution in [0.15, 0.2) is 48.7 Å². The molecule has 0 aliphatic carbocycles. The Labute approximate surface area is 149 Å². The third kappa shape index (κ3) is 5.13. The number of carboxylic acids is 1. The molecule has 0 spiro atoms. The Morgan fingerprint density at radius 3 is 2.84 bits per heavy atom. The van der Waals surface area contributed by atoms with E-state index in [1.54, 1.807) is 18.3 Å². The van der Waals surface area contributed by atoms with E-state index in [0.717, 1.165) is 31.5 Å². The summed E-state index contributed by atoms with van der Waals surface area (Å²) < 4.78 is 0. The zero-order chi connectivity index (χ0) is 17.5. The zero-order valence-corrected chi connectivity index (χ0v) is 14.6. The van der Waals surface area contributed by atoms with Crippen molar-refractivity contribution in [2.75, 3.05) is 6.54 Å². The van der Waals surface area contributed by atoms with Crippen LogP contribution in [-0.4, -0.2) is 33.5 Å². The molecule has 1 atom stereocenters. The van der Waals surface area contributed by atoms with E-state index < -0.39 is 5.97 Å². The van der Waals surface area contributed by atoms with Gasteiger partial charge in [-0.2, -0.15) is 0 Å². The molecule has 132 valence electrons. The molecule has 3 rings (SSSR count). The Balaban J connectivity index is 1.43. The summed E-state index contributed by atoms with van der Waals surface area (Å²) in [4.78, 5) is 17.9. The largest absolute Gasteiger partial charge is 0.478 e. The van der Waals surface area contributed by atoms with Crippen LogP contribution in [0.1, 0.15) is 53.7 Å². The van der Waals surface area contributed by atoms with Crippen molar-refractivity contribution in [3.05, 3.63) is 65.5 Å². The molecular formula is C21H26N2O2. The number of hydrogen-bond acceptors (Lipinski definition) is 3. The van der Waals surface area contributed by atoms with Crippen LogP contribution < -0.4 is 0 Å². The van der Waals surface area contributed by atoms with Crippen molar-refractivity contribution in [1.29, 1.82) is 0 Å². The highest BCUT2D eigenvalue weighted by Crippen LogP contribution is 2.24. The number of aromatic carboxylic acids is 1. The van der Waals surface area contributed by atoms with Crippen molar-refractivity contribution >= 4 is 5.97 Å². The molecule has 2 heterocycles. The van der Waals surface area contributed by atoms with E-state index in [-0.39, 0.29) is 0 Å². The molecule has 0 unspecified atom stereocenters. The van der Waals surface area contributed by atoms with Crippen LogP contribution in [0.3, 0.4) is 0 Å². The van der Waals surface area contributed by atoms with E-state index in [9.17, 15) is 4.79 Å². The molecule has 4 heteroatoms. The molecule has 4 nitrogen and oxygen atoms in total. The van der Waals surface area contributed by atoms with E-state index in [1.807, 2.05) is 0 Å². The number of likely N-dealkylation sites (tertiary alicyclic amines) is 1. The van der Waals surface area contributed by atoms with Gasteiger partial charge in [-0.15, -0.1) is 0 Å². The molecule has 1 aliphatic heterocycles. The second-order valence-electron chi connectivity index (χ2n) is 6.84. The third-order valence-electron chi connectivity index (χ3n) is 5.01. The van der Waals surface area contributed by atoms with Gasteiger partial charge in [0.05, 0.1) is 5.56 Å². The van der Waals surface area contributed by atoms with Crippen LogP contribution in [-0.2, 0) is 13.0 Å². The molecule has 0 amide bonds. The van der Waals surface area contributed by atoms with E-state index in [2.05, 4.69) is 40.2 Å². The first-order chi connectivity index (χ1) is 12.2. The number of carboxylic acid groups (broad SMARTS) is 1. The summed E-state index contributed by atoms with van der Waals surface area (Å²) in [6, 6.07) is 14.6. The maximum Gasteiger partial charge on any atom is 0.335 e. The van der Waals surface area contributed by atoms with Crippen LogP contribution >= 0.6 is 0 Å². The monoisotopic (exact) mass is 338 g/mol. The molecule has 2 aromatic rings. The number of rotatable bonds is 8. The summed E-state index contributed by atoms with van der Waals surface area (Å²) in [6.45, 7) is 2.25. The number of aryl methyl sites for hydroxylation is 1. The number of unbranched alkanes of at least 4 members (excludes halogenated alkanes) is 1. The lowest BCUT2D eigenvalue weighted by molar-refractivity contribution is 0.0696. The van der Waals surface area contributed by atoms with Gasteiger partial charge in [0.25, 0.3) is 0 Å². The van der Waals surface area contributed by atoms with Crippen LogP contribution in [0.5, 0.6) is 0 Å². The number of benzene rings is 1. The Bertz CT molecular complexity index is 687. The van der Waals surface area contributed by atoms with Gasteiger partial charge in [-0.05, 0) is 56.3 Å². The van der Waals surface area contributed by atoms with Gasteiger partial charge in [-0.25, -0.2) is 4.79 Å². The first kappa shape index (κ1) is 17.6. The zero-order valence-electron chi connectivity index (χ0n) is 14.6. The molecule has 1 aromatic carbocycles. The van der Waals surface area contributed by atoms with Crippen LogP contribution in [0.4, 0.5) is 0 Å². The first-order valence-electron chi connectivity index (χ1n) is 9.18. The summed E-state index contributed by atoms with van der Waals surface area (Å²) in [6.07, 6.45) is 8.47. The Hall–Kier alpha value is -2.20. The smallest absolute Gasteiger partial charge is 0.335 e. The highest BCUT2D eigenvalue weighted by Gasteiger charge is 2.23. The van der Waals surface area contributed by atoms with Crippen molar-refractivity contribution in [2.45, 2.75) is 51.1 Å². The SMILES string of the molecule is O=C(O)c1ccnc(CCCC[C@@H]2CCCN2Cc2ccccc2)c1. The second-order valence-corrected chi connectivity index (χ2v) is 6.84. The van der Waals surface area contributed by atoms with Gasteiger partial charge in [-0.3, -0.25) is 9.88 Å². The molecule has 0 saturated carbocycles. The average Bonchev–Trinajstić information content (AvgIpc) is 3.07. The highest BCUT2D eigenvalue weighted by atomic mass is 16.4. The number of carbonyl (C=O) groups is 1. The quantitative estimate of drug-likeness (QED) is 0.735. The second kappa shape index (κ2) is 8.77. The van der Waals surface area contributed by atoms with Crippen molar-refractivity contribution < 1.29 is 9.90 Å². The van der Waals surface area contributed by atoms with Gasteiger partial charge in [-0.1, -0.05) is 36.8 Å². The molecular weight excluding hydrogens is 312 g/mol. The van der Waals surface area contributed by atoms with Crippen molar-refractivity contribution in [3.8, 4) is 0 Å². The highest BCUT2D eigenvalue weighted by molar-refractivity contribution is 5.87. The maximum atomic E-state index is 11.0.